The van der Waals surface area contributed by atoms with Crippen LogP contribution in [0.1, 0.15) is 12.8 Å². The van der Waals surface area contributed by atoms with E-state index in [1.165, 1.54) is 25.0 Å². The lowest BCUT2D eigenvalue weighted by molar-refractivity contribution is -0.136. The Balaban J connectivity index is 1.18. The first-order valence-corrected chi connectivity index (χ1v) is 17.7. The van der Waals surface area contributed by atoms with Crippen molar-refractivity contribution in [2.45, 2.75) is 25.2 Å². The normalized spacial score (nSPS) is 23.1. The minimum atomic E-state index is -1.71. The maximum atomic E-state index is 14.7. The Labute approximate surface area is 273 Å². The molecule has 10 rings (SSSR count). The number of halogens is 2. The predicted molar refractivity (Wildman–Crippen MR) is 182 cm³/mol. The van der Waals surface area contributed by atoms with Gasteiger partial charge in [0.25, 0.3) is 0 Å². The first-order chi connectivity index (χ1) is 22.4. The molecule has 4 atom stereocenters. The van der Waals surface area contributed by atoms with Crippen molar-refractivity contribution >= 4 is 132 Å². The highest BCUT2D eigenvalue weighted by Gasteiger charge is 2.54. The Morgan fingerprint density at radius 3 is 2.43 bits per heavy atom. The molecule has 226 valence electrons. The summed E-state index contributed by atoms with van der Waals surface area (Å²) < 4.78 is 53.6. The molecule has 4 unspecified atom stereocenters. The van der Waals surface area contributed by atoms with Gasteiger partial charge in [0, 0.05) is 50.7 Å². The average molecular weight is 685 g/mol. The molecule has 0 N–H and O–H groups in total. The average Bonchev–Trinajstić information content (AvgIpc) is 3.88. The largest absolute Gasteiger partial charge is 0.342 e. The van der Waals surface area contributed by atoms with Crippen LogP contribution in [0.4, 0.5) is 14.5 Å². The molecule has 2 fully saturated rings. The lowest BCUT2D eigenvalue weighted by Crippen LogP contribution is -2.36. The summed E-state index contributed by atoms with van der Waals surface area (Å²) >= 11 is 5.64. The highest BCUT2D eigenvalue weighted by atomic mass is 32.1. The lowest BCUT2D eigenvalue weighted by atomic mass is 9.78. The predicted octanol–water partition coefficient (Wildman–Crippen LogP) is 8.36. The van der Waals surface area contributed by atoms with Crippen molar-refractivity contribution in [3.05, 3.63) is 42.5 Å². The van der Waals surface area contributed by atoms with Gasteiger partial charge in [0.1, 0.15) is 34.4 Å². The molecule has 0 spiro atoms. The van der Waals surface area contributed by atoms with Crippen LogP contribution in [0.3, 0.4) is 0 Å². The summed E-state index contributed by atoms with van der Waals surface area (Å²) in [6, 6.07) is 14.5. The standard InChI is InChI=1S/C32H18F2N6O2S4/c1-40-19-10-21(44-31(19)32-28(40)12-4-2-3-5-20(12)43-32)15-8-13-14(23-25(15)38-45-36-23)9-18(27-24(13)37-46-39-27)35-26-16-6-11(33)7-17(34)22(16)29(41)30(26)42/h2-5,8-11,16-17,22H,6-7H2,1H3. The highest BCUT2D eigenvalue weighted by Crippen LogP contribution is 2.48. The van der Waals surface area contributed by atoms with Crippen molar-refractivity contribution < 1.29 is 18.4 Å². The molecule has 5 aromatic heterocycles. The smallest absolute Gasteiger partial charge is 0.243 e. The molecule has 5 heterocycles. The Morgan fingerprint density at radius 1 is 0.848 bits per heavy atom. The third-order valence-electron chi connectivity index (χ3n) is 9.46. The molecule has 0 amide bonds. The van der Waals surface area contributed by atoms with Gasteiger partial charge in [-0.3, -0.25) is 9.59 Å². The number of Topliss-reactive ketones (excluding diaryl/α,β-unsaturated/α-hetero) is 2. The molecule has 2 aliphatic rings. The molecule has 0 bridgehead atoms. The quantitative estimate of drug-likeness (QED) is 0.170. The Kier molecular flexibility index (Phi) is 5.57. The minimum Gasteiger partial charge on any atom is -0.342 e. The van der Waals surface area contributed by atoms with E-state index in [4.69, 9.17) is 4.37 Å². The van der Waals surface area contributed by atoms with E-state index in [9.17, 15) is 18.4 Å². The Morgan fingerprint density at radius 2 is 1.59 bits per heavy atom. The third kappa shape index (κ3) is 3.52. The third-order valence-corrected chi connectivity index (χ3v) is 13.0. The van der Waals surface area contributed by atoms with E-state index in [2.05, 4.69) is 66.1 Å². The van der Waals surface area contributed by atoms with Gasteiger partial charge in [-0.1, -0.05) is 18.2 Å². The molecule has 0 aliphatic heterocycles. The van der Waals surface area contributed by atoms with Crippen LogP contribution in [0.15, 0.2) is 47.5 Å². The second kappa shape index (κ2) is 9.47. The number of carbonyl (C=O) groups is 2. The first-order valence-electron chi connectivity index (χ1n) is 14.6. The lowest BCUT2D eigenvalue weighted by Gasteiger charge is -2.29. The highest BCUT2D eigenvalue weighted by molar-refractivity contribution is 7.32. The van der Waals surface area contributed by atoms with Gasteiger partial charge in [-0.05, 0) is 30.7 Å². The van der Waals surface area contributed by atoms with E-state index in [1.54, 1.807) is 28.7 Å². The van der Waals surface area contributed by atoms with Gasteiger partial charge in [-0.15, -0.1) is 22.7 Å². The number of ketones is 2. The molecule has 2 saturated carbocycles. The van der Waals surface area contributed by atoms with Gasteiger partial charge in [0.2, 0.25) is 11.6 Å². The van der Waals surface area contributed by atoms with Crippen LogP contribution >= 0.6 is 46.1 Å². The second-order valence-electron chi connectivity index (χ2n) is 11.9. The number of fused-ring (bicyclic) bond motifs is 11. The van der Waals surface area contributed by atoms with Gasteiger partial charge < -0.3 is 4.57 Å². The van der Waals surface area contributed by atoms with Gasteiger partial charge >= 0.3 is 0 Å². The van der Waals surface area contributed by atoms with Crippen LogP contribution in [-0.4, -0.2) is 51.7 Å². The zero-order valence-electron chi connectivity index (χ0n) is 23.7. The maximum Gasteiger partial charge on any atom is 0.243 e. The summed E-state index contributed by atoms with van der Waals surface area (Å²) in [4.78, 5) is 31.4. The van der Waals surface area contributed by atoms with E-state index in [1.807, 2.05) is 0 Å². The zero-order valence-corrected chi connectivity index (χ0v) is 26.9. The Bertz CT molecular complexity index is 2680. The van der Waals surface area contributed by atoms with E-state index in [0.29, 0.717) is 22.2 Å². The van der Waals surface area contributed by atoms with Gasteiger partial charge in [0.05, 0.1) is 61.2 Å². The van der Waals surface area contributed by atoms with Crippen molar-refractivity contribution in [2.24, 2.45) is 23.9 Å². The van der Waals surface area contributed by atoms with Crippen LogP contribution in [0.5, 0.6) is 0 Å². The van der Waals surface area contributed by atoms with Crippen LogP contribution in [0, 0.1) is 11.8 Å². The molecule has 3 aromatic carbocycles. The SMILES string of the molecule is Cn1c2cc(-c3cc4c(cc(N=C5C(=O)C(=O)C6C(F)CC(F)CC56)c5nsnc54)c4nsnc34)sc2c2sc3ccccc3c21. The monoisotopic (exact) mass is 684 g/mol. The number of carbonyl (C=O) groups excluding carboxylic acids is 2. The Hall–Kier alpha value is -4.11. The molecule has 0 saturated heterocycles. The van der Waals surface area contributed by atoms with Gasteiger partial charge in [-0.2, -0.15) is 17.5 Å². The fraction of sp³-hybridized carbons (Fsp3) is 0.219. The topological polar surface area (TPSA) is 103 Å². The zero-order chi connectivity index (χ0) is 31.0. The maximum absolute atomic E-state index is 14.7. The van der Waals surface area contributed by atoms with E-state index in [-0.39, 0.29) is 18.6 Å². The molecule has 8 nitrogen and oxygen atoms in total. The number of thiophene rings is 2. The van der Waals surface area contributed by atoms with E-state index in [0.717, 1.165) is 55.7 Å². The number of benzene rings is 3. The summed E-state index contributed by atoms with van der Waals surface area (Å²) in [6.07, 6.45) is -3.64. The summed E-state index contributed by atoms with van der Waals surface area (Å²) in [5, 5.41) is 2.79. The second-order valence-corrected chi connectivity index (χ2v) is 15.1. The fourth-order valence-corrected chi connectivity index (χ4v) is 11.1. The molecular formula is C32H18F2N6O2S4. The summed E-state index contributed by atoms with van der Waals surface area (Å²) in [5.41, 5.74) is 5.97. The number of hydrogen-bond donors (Lipinski definition) is 0. The van der Waals surface area contributed by atoms with Crippen LogP contribution in [-0.2, 0) is 16.6 Å². The van der Waals surface area contributed by atoms with Crippen molar-refractivity contribution in [3.8, 4) is 10.4 Å². The molecular weight excluding hydrogens is 667 g/mol. The number of rotatable bonds is 2. The molecule has 2 aliphatic carbocycles. The molecule has 14 heteroatoms. The van der Waals surface area contributed by atoms with E-state index < -0.39 is 35.7 Å². The number of aliphatic imine (C=N–C) groups is 1. The number of aryl methyl sites for hydroxylation is 1. The van der Waals surface area contributed by atoms with Crippen LogP contribution in [0.25, 0.3) is 73.8 Å². The molecule has 8 aromatic rings. The number of aromatic nitrogens is 5. The van der Waals surface area contributed by atoms with Crippen molar-refractivity contribution in [2.75, 3.05) is 0 Å². The molecule has 0 radical (unpaired) electrons. The van der Waals surface area contributed by atoms with Crippen molar-refractivity contribution in [1.82, 2.24) is 22.1 Å². The summed E-state index contributed by atoms with van der Waals surface area (Å²) in [7, 11) is 2.11. The van der Waals surface area contributed by atoms with Crippen molar-refractivity contribution in [3.63, 3.8) is 0 Å². The number of nitrogens with zero attached hydrogens (tertiary/aromatic N) is 6. The number of alkyl halides is 2. The molecule has 46 heavy (non-hydrogen) atoms. The van der Waals surface area contributed by atoms with Crippen LogP contribution < -0.4 is 0 Å². The fourth-order valence-electron chi connectivity index (χ4n) is 7.38. The van der Waals surface area contributed by atoms with Crippen molar-refractivity contribution in [1.29, 1.82) is 0 Å². The summed E-state index contributed by atoms with van der Waals surface area (Å²) in [5.74, 6) is -3.77. The minimum absolute atomic E-state index is 0.101. The number of hydrogen-bond acceptors (Lipinski definition) is 11. The van der Waals surface area contributed by atoms with E-state index >= 15 is 0 Å². The summed E-state index contributed by atoms with van der Waals surface area (Å²) in [6.45, 7) is 0. The van der Waals surface area contributed by atoms with Crippen LogP contribution in [0.2, 0.25) is 0 Å². The van der Waals surface area contributed by atoms with Gasteiger partial charge in [0.15, 0.2) is 0 Å². The first kappa shape index (κ1) is 27.0. The van der Waals surface area contributed by atoms with Gasteiger partial charge in [-0.25, -0.2) is 13.8 Å².